The highest BCUT2D eigenvalue weighted by Gasteiger charge is 2.20. The molecule has 54 heavy (non-hydrogen) atoms. The first-order valence-electron chi connectivity index (χ1n) is 18.5. The highest BCUT2D eigenvalue weighted by atomic mass is 32.1. The van der Waals surface area contributed by atoms with Crippen molar-refractivity contribution in [2.75, 3.05) is 0 Å². The van der Waals surface area contributed by atoms with Crippen LogP contribution in [0.4, 0.5) is 0 Å². The maximum absolute atomic E-state index is 2.45. The second-order valence-electron chi connectivity index (χ2n) is 14.3. The summed E-state index contributed by atoms with van der Waals surface area (Å²) in [7, 11) is 0. The molecule has 0 radical (unpaired) electrons. The second kappa shape index (κ2) is 11.6. The third-order valence-electron chi connectivity index (χ3n) is 11.4. The summed E-state index contributed by atoms with van der Waals surface area (Å²) in [5, 5.41) is 15.7. The van der Waals surface area contributed by atoms with Crippen LogP contribution in [0.15, 0.2) is 182 Å². The van der Waals surface area contributed by atoms with Crippen LogP contribution >= 0.6 is 22.7 Å². The van der Waals surface area contributed by atoms with E-state index in [0.717, 1.165) is 0 Å². The average Bonchev–Trinajstić information content (AvgIpc) is 3.78. The van der Waals surface area contributed by atoms with Crippen LogP contribution in [0.5, 0.6) is 0 Å². The van der Waals surface area contributed by atoms with Gasteiger partial charge in [0.15, 0.2) is 0 Å². The van der Waals surface area contributed by atoms with Crippen molar-refractivity contribution in [3.63, 3.8) is 0 Å². The Kier molecular flexibility index (Phi) is 6.48. The molecule has 0 spiro atoms. The summed E-state index contributed by atoms with van der Waals surface area (Å²) < 4.78 is 5.39. The minimum absolute atomic E-state index is 1.23. The summed E-state index contributed by atoms with van der Waals surface area (Å²) in [5.74, 6) is 0. The van der Waals surface area contributed by atoms with Crippen molar-refractivity contribution in [3.05, 3.63) is 182 Å². The van der Waals surface area contributed by atoms with Crippen molar-refractivity contribution >= 4 is 106 Å². The molecule has 0 unspecified atom stereocenters. The van der Waals surface area contributed by atoms with E-state index in [2.05, 4.69) is 182 Å². The number of benzene rings is 10. The molecule has 12 aromatic rings. The van der Waals surface area contributed by atoms with Crippen molar-refractivity contribution < 1.29 is 0 Å². The van der Waals surface area contributed by atoms with E-state index in [1.165, 1.54) is 117 Å². The van der Waals surface area contributed by atoms with E-state index in [1.54, 1.807) is 0 Å². The molecule has 0 amide bonds. The average molecular weight is 719 g/mol. The molecule has 2 heterocycles. The minimum Gasteiger partial charge on any atom is -0.135 e. The van der Waals surface area contributed by atoms with Gasteiger partial charge in [0.25, 0.3) is 0 Å². The largest absolute Gasteiger partial charge is 0.135 e. The molecular formula is C52H30S2. The standard InChI is InChI=1S/C52H30S2/c1-2-17-34-31(13-1)14-12-25-37(34)51-41-23-7-5-21-39(41)50(40-22-6-8-24-42(40)51)33-16-11-15-32(27-33)43-28-49-52(38-20-4-3-18-35(38)43)45-30-47-44(29-48(45)54-49)36-19-9-10-26-46(36)53-47/h1-30H. The van der Waals surface area contributed by atoms with Gasteiger partial charge in [0, 0.05) is 40.3 Å². The number of rotatable bonds is 3. The lowest BCUT2D eigenvalue weighted by atomic mass is 9.84. The number of thiophene rings is 2. The summed E-state index contributed by atoms with van der Waals surface area (Å²) in [4.78, 5) is 0. The summed E-state index contributed by atoms with van der Waals surface area (Å²) in [6, 6.07) is 67.8. The zero-order chi connectivity index (χ0) is 35.3. The smallest absolute Gasteiger partial charge is 0.0368 e. The molecule has 0 saturated heterocycles. The van der Waals surface area contributed by atoms with E-state index in [9.17, 15) is 0 Å². The van der Waals surface area contributed by atoms with E-state index >= 15 is 0 Å². The lowest BCUT2D eigenvalue weighted by Gasteiger charge is -2.19. The Labute approximate surface area is 319 Å². The minimum atomic E-state index is 1.23. The zero-order valence-corrected chi connectivity index (χ0v) is 30.8. The van der Waals surface area contributed by atoms with Crippen molar-refractivity contribution in [1.29, 1.82) is 0 Å². The fourth-order valence-corrected chi connectivity index (χ4v) is 11.4. The van der Waals surface area contributed by atoms with Crippen LogP contribution in [0.3, 0.4) is 0 Å². The van der Waals surface area contributed by atoms with Crippen LogP contribution < -0.4 is 0 Å². The van der Waals surface area contributed by atoms with E-state index in [4.69, 9.17) is 0 Å². The van der Waals surface area contributed by atoms with Crippen LogP contribution in [0.1, 0.15) is 0 Å². The molecule has 2 heteroatoms. The van der Waals surface area contributed by atoms with Crippen LogP contribution in [0.25, 0.3) is 117 Å². The van der Waals surface area contributed by atoms with E-state index in [0.29, 0.717) is 0 Å². The van der Waals surface area contributed by atoms with Crippen LogP contribution in [-0.4, -0.2) is 0 Å². The first kappa shape index (κ1) is 30.2. The van der Waals surface area contributed by atoms with Crippen molar-refractivity contribution in [1.82, 2.24) is 0 Å². The van der Waals surface area contributed by atoms with Gasteiger partial charge in [-0.2, -0.15) is 0 Å². The molecule has 0 nitrogen and oxygen atoms in total. The monoisotopic (exact) mass is 718 g/mol. The Morgan fingerprint density at radius 3 is 1.57 bits per heavy atom. The molecule has 0 atom stereocenters. The number of hydrogen-bond acceptors (Lipinski definition) is 2. The molecule has 0 bridgehead atoms. The lowest BCUT2D eigenvalue weighted by Crippen LogP contribution is -1.92. The fraction of sp³-hybridized carbons (Fsp3) is 0. The molecule has 0 fully saturated rings. The highest BCUT2D eigenvalue weighted by molar-refractivity contribution is 7.27. The zero-order valence-electron chi connectivity index (χ0n) is 29.1. The van der Waals surface area contributed by atoms with Gasteiger partial charge in [0.05, 0.1) is 0 Å². The van der Waals surface area contributed by atoms with Gasteiger partial charge in [0.2, 0.25) is 0 Å². The molecule has 12 rings (SSSR count). The number of hydrogen-bond donors (Lipinski definition) is 0. The Balaban J connectivity index is 1.10. The Morgan fingerprint density at radius 2 is 0.796 bits per heavy atom. The van der Waals surface area contributed by atoms with Crippen molar-refractivity contribution in [2.24, 2.45) is 0 Å². The molecule has 10 aromatic carbocycles. The van der Waals surface area contributed by atoms with Gasteiger partial charge in [0.1, 0.15) is 0 Å². The van der Waals surface area contributed by atoms with Gasteiger partial charge < -0.3 is 0 Å². The molecule has 250 valence electrons. The molecule has 0 aliphatic heterocycles. The molecular weight excluding hydrogens is 689 g/mol. The molecule has 0 N–H and O–H groups in total. The fourth-order valence-electron chi connectivity index (χ4n) is 9.11. The topological polar surface area (TPSA) is 0 Å². The summed E-state index contributed by atoms with van der Waals surface area (Å²) >= 11 is 3.82. The summed E-state index contributed by atoms with van der Waals surface area (Å²) in [5.41, 5.74) is 7.61. The molecule has 0 saturated carbocycles. The quantitative estimate of drug-likeness (QED) is 0.160. The molecule has 0 aliphatic rings. The molecule has 0 aliphatic carbocycles. The Hall–Kier alpha value is -6.32. The van der Waals surface area contributed by atoms with Crippen LogP contribution in [0.2, 0.25) is 0 Å². The van der Waals surface area contributed by atoms with E-state index < -0.39 is 0 Å². The van der Waals surface area contributed by atoms with Gasteiger partial charge in [-0.15, -0.1) is 22.7 Å². The first-order chi connectivity index (χ1) is 26.8. The number of fused-ring (bicyclic) bond motifs is 11. The Morgan fingerprint density at radius 1 is 0.259 bits per heavy atom. The predicted octanol–water partition coefficient (Wildman–Crippen LogP) is 16.0. The normalized spacial score (nSPS) is 12.1. The summed E-state index contributed by atoms with van der Waals surface area (Å²) in [6.45, 7) is 0. The van der Waals surface area contributed by atoms with Gasteiger partial charge in [-0.05, 0) is 107 Å². The van der Waals surface area contributed by atoms with Gasteiger partial charge in [-0.1, -0.05) is 152 Å². The van der Waals surface area contributed by atoms with E-state index in [-0.39, 0.29) is 0 Å². The second-order valence-corrected chi connectivity index (χ2v) is 16.5. The van der Waals surface area contributed by atoms with Gasteiger partial charge in [-0.3, -0.25) is 0 Å². The van der Waals surface area contributed by atoms with Gasteiger partial charge >= 0.3 is 0 Å². The Bertz CT molecular complexity index is 3440. The van der Waals surface area contributed by atoms with E-state index in [1.807, 2.05) is 22.7 Å². The van der Waals surface area contributed by atoms with Gasteiger partial charge in [-0.25, -0.2) is 0 Å². The third-order valence-corrected chi connectivity index (χ3v) is 13.7. The van der Waals surface area contributed by atoms with Crippen LogP contribution in [0, 0.1) is 0 Å². The van der Waals surface area contributed by atoms with Crippen molar-refractivity contribution in [2.45, 2.75) is 0 Å². The maximum atomic E-state index is 2.45. The summed E-state index contributed by atoms with van der Waals surface area (Å²) in [6.07, 6.45) is 0. The SMILES string of the molecule is c1cc(-c2c3ccccc3c(-c3cccc4ccccc34)c3ccccc23)cc(-c2cc3sc4cc5c(cc4c3c3ccccc23)sc2ccccc25)c1. The predicted molar refractivity (Wildman–Crippen MR) is 239 cm³/mol. The third kappa shape index (κ3) is 4.36. The van der Waals surface area contributed by atoms with Crippen LogP contribution in [-0.2, 0) is 0 Å². The highest BCUT2D eigenvalue weighted by Crippen LogP contribution is 2.48. The maximum Gasteiger partial charge on any atom is 0.0368 e. The lowest BCUT2D eigenvalue weighted by molar-refractivity contribution is 1.65. The van der Waals surface area contributed by atoms with Crippen molar-refractivity contribution in [3.8, 4) is 33.4 Å². The first-order valence-corrected chi connectivity index (χ1v) is 20.1. The molecule has 2 aromatic heterocycles.